The lowest BCUT2D eigenvalue weighted by molar-refractivity contribution is 1.11. The van der Waals surface area contributed by atoms with E-state index in [1.54, 1.807) is 0 Å². The van der Waals surface area contributed by atoms with Gasteiger partial charge in [-0.3, -0.25) is 4.98 Å². The molecule has 0 bridgehead atoms. The van der Waals surface area contributed by atoms with Crippen molar-refractivity contribution in [2.24, 2.45) is 0 Å². The monoisotopic (exact) mass is 131 g/mol. The number of hydrogen-bond acceptors (Lipinski definition) is 1. The molecule has 2 rings (SSSR count). The first-order valence-corrected chi connectivity index (χ1v) is 3.48. The summed E-state index contributed by atoms with van der Waals surface area (Å²) in [7, 11) is 0. The van der Waals surface area contributed by atoms with E-state index in [0.29, 0.717) is 0 Å². The quantitative estimate of drug-likeness (QED) is 0.524. The number of nitrogens with zero attached hydrogens (tertiary/aromatic N) is 1. The molecule has 1 aromatic heterocycles. The fourth-order valence-electron chi connectivity index (χ4n) is 1.23. The Morgan fingerprint density at radius 2 is 2.40 bits per heavy atom. The zero-order chi connectivity index (χ0) is 6.97. The van der Waals surface area contributed by atoms with Gasteiger partial charge < -0.3 is 0 Å². The van der Waals surface area contributed by atoms with Crippen LogP contribution in [0.3, 0.4) is 0 Å². The van der Waals surface area contributed by atoms with Crippen LogP contribution in [0.1, 0.15) is 16.8 Å². The lowest BCUT2D eigenvalue weighted by atomic mass is 10.2. The van der Waals surface area contributed by atoms with Gasteiger partial charge in [-0.15, -0.1) is 0 Å². The number of aromatic nitrogens is 1. The SMILES string of the molecule is Cc1cnc2c(c1)C=CC2. The summed E-state index contributed by atoms with van der Waals surface area (Å²) in [6.07, 6.45) is 7.22. The van der Waals surface area contributed by atoms with Crippen molar-refractivity contribution in [3.63, 3.8) is 0 Å². The van der Waals surface area contributed by atoms with Crippen LogP contribution in [0.4, 0.5) is 0 Å². The maximum atomic E-state index is 4.30. The number of allylic oxidation sites excluding steroid dienone is 1. The predicted octanol–water partition coefficient (Wildman–Crippen LogP) is 1.96. The molecule has 1 aliphatic rings. The Labute approximate surface area is 60.4 Å². The topological polar surface area (TPSA) is 12.9 Å². The fourth-order valence-corrected chi connectivity index (χ4v) is 1.23. The summed E-state index contributed by atoms with van der Waals surface area (Å²) in [4.78, 5) is 4.30. The summed E-state index contributed by atoms with van der Waals surface area (Å²) in [5.41, 5.74) is 3.75. The summed E-state index contributed by atoms with van der Waals surface area (Å²) in [5, 5.41) is 0. The molecule has 1 aromatic rings. The molecule has 10 heavy (non-hydrogen) atoms. The predicted molar refractivity (Wildman–Crippen MR) is 41.7 cm³/mol. The van der Waals surface area contributed by atoms with Gasteiger partial charge >= 0.3 is 0 Å². The van der Waals surface area contributed by atoms with Gasteiger partial charge in [0.05, 0.1) is 5.69 Å². The van der Waals surface area contributed by atoms with Crippen molar-refractivity contribution in [1.82, 2.24) is 4.98 Å². The first kappa shape index (κ1) is 5.66. The van der Waals surface area contributed by atoms with E-state index in [-0.39, 0.29) is 0 Å². The standard InChI is InChI=1S/C9H9N/c1-7-5-8-3-2-4-9(8)10-6-7/h2-3,5-6H,4H2,1H3. The molecule has 1 nitrogen and oxygen atoms in total. The highest BCUT2D eigenvalue weighted by Crippen LogP contribution is 2.17. The molecule has 0 fully saturated rings. The van der Waals surface area contributed by atoms with Crippen molar-refractivity contribution in [2.45, 2.75) is 13.3 Å². The third-order valence-electron chi connectivity index (χ3n) is 1.75. The average Bonchev–Trinajstić information content (AvgIpc) is 2.33. The summed E-state index contributed by atoms with van der Waals surface area (Å²) < 4.78 is 0. The number of aryl methyl sites for hydroxylation is 1. The Hall–Kier alpha value is -1.11. The van der Waals surface area contributed by atoms with Gasteiger partial charge in [0.25, 0.3) is 0 Å². The van der Waals surface area contributed by atoms with E-state index in [1.807, 2.05) is 6.20 Å². The van der Waals surface area contributed by atoms with Crippen molar-refractivity contribution >= 4 is 6.08 Å². The molecule has 1 heterocycles. The average molecular weight is 131 g/mol. The van der Waals surface area contributed by atoms with E-state index >= 15 is 0 Å². The van der Waals surface area contributed by atoms with Crippen LogP contribution in [-0.2, 0) is 6.42 Å². The van der Waals surface area contributed by atoms with Crippen LogP contribution in [0.5, 0.6) is 0 Å². The molecule has 0 saturated carbocycles. The molecule has 1 aliphatic carbocycles. The Balaban J connectivity index is 2.60. The van der Waals surface area contributed by atoms with Gasteiger partial charge in [0.15, 0.2) is 0 Å². The van der Waals surface area contributed by atoms with Gasteiger partial charge in [-0.1, -0.05) is 12.2 Å². The molecular formula is C9H9N. The van der Waals surface area contributed by atoms with Crippen LogP contribution in [0.25, 0.3) is 6.08 Å². The Morgan fingerprint density at radius 3 is 3.30 bits per heavy atom. The summed E-state index contributed by atoms with van der Waals surface area (Å²) in [5.74, 6) is 0. The van der Waals surface area contributed by atoms with E-state index in [9.17, 15) is 0 Å². The van der Waals surface area contributed by atoms with Gasteiger partial charge in [0.1, 0.15) is 0 Å². The van der Waals surface area contributed by atoms with E-state index in [2.05, 4.69) is 30.1 Å². The molecular weight excluding hydrogens is 122 g/mol. The van der Waals surface area contributed by atoms with Gasteiger partial charge in [-0.05, 0) is 24.1 Å². The number of pyridine rings is 1. The molecule has 0 amide bonds. The van der Waals surface area contributed by atoms with Crippen LogP contribution in [0.2, 0.25) is 0 Å². The minimum atomic E-state index is 1.01. The molecule has 1 heteroatoms. The smallest absolute Gasteiger partial charge is 0.0513 e. The molecule has 0 atom stereocenters. The minimum Gasteiger partial charge on any atom is -0.260 e. The second-order valence-corrected chi connectivity index (χ2v) is 2.66. The largest absolute Gasteiger partial charge is 0.260 e. The van der Waals surface area contributed by atoms with Crippen molar-refractivity contribution < 1.29 is 0 Å². The first-order chi connectivity index (χ1) is 4.86. The zero-order valence-electron chi connectivity index (χ0n) is 5.96. The second kappa shape index (κ2) is 1.94. The van der Waals surface area contributed by atoms with Crippen LogP contribution < -0.4 is 0 Å². The third kappa shape index (κ3) is 0.747. The Morgan fingerprint density at radius 1 is 1.50 bits per heavy atom. The number of hydrogen-bond donors (Lipinski definition) is 0. The fraction of sp³-hybridized carbons (Fsp3) is 0.222. The summed E-state index contributed by atoms with van der Waals surface area (Å²) in [6.45, 7) is 2.07. The highest BCUT2D eigenvalue weighted by atomic mass is 14.7. The summed E-state index contributed by atoms with van der Waals surface area (Å²) >= 11 is 0. The molecule has 0 radical (unpaired) electrons. The molecule has 0 aliphatic heterocycles. The number of fused-ring (bicyclic) bond motifs is 1. The molecule has 0 N–H and O–H groups in total. The van der Waals surface area contributed by atoms with Crippen LogP contribution in [0, 0.1) is 6.92 Å². The third-order valence-corrected chi connectivity index (χ3v) is 1.75. The molecule has 0 unspecified atom stereocenters. The van der Waals surface area contributed by atoms with Crippen molar-refractivity contribution in [2.75, 3.05) is 0 Å². The molecule has 50 valence electrons. The van der Waals surface area contributed by atoms with Gasteiger partial charge in [0, 0.05) is 12.6 Å². The minimum absolute atomic E-state index is 1.01. The van der Waals surface area contributed by atoms with E-state index in [4.69, 9.17) is 0 Å². The van der Waals surface area contributed by atoms with Crippen molar-refractivity contribution in [1.29, 1.82) is 0 Å². The number of rotatable bonds is 0. The maximum absolute atomic E-state index is 4.30. The highest BCUT2D eigenvalue weighted by molar-refractivity contribution is 5.58. The maximum Gasteiger partial charge on any atom is 0.0513 e. The van der Waals surface area contributed by atoms with Gasteiger partial charge in [0.2, 0.25) is 0 Å². The van der Waals surface area contributed by atoms with Crippen LogP contribution >= 0.6 is 0 Å². The van der Waals surface area contributed by atoms with Gasteiger partial charge in [-0.2, -0.15) is 0 Å². The lowest BCUT2D eigenvalue weighted by Gasteiger charge is -1.96. The van der Waals surface area contributed by atoms with Crippen LogP contribution in [0.15, 0.2) is 18.3 Å². The highest BCUT2D eigenvalue weighted by Gasteiger charge is 2.04. The van der Waals surface area contributed by atoms with E-state index in [1.165, 1.54) is 16.8 Å². The Bertz CT molecular complexity index is 287. The normalized spacial score (nSPS) is 13.7. The molecule has 0 aromatic carbocycles. The zero-order valence-corrected chi connectivity index (χ0v) is 5.96. The van der Waals surface area contributed by atoms with Gasteiger partial charge in [-0.25, -0.2) is 0 Å². The summed E-state index contributed by atoms with van der Waals surface area (Å²) in [6, 6.07) is 2.17. The van der Waals surface area contributed by atoms with E-state index < -0.39 is 0 Å². The first-order valence-electron chi connectivity index (χ1n) is 3.48. The van der Waals surface area contributed by atoms with Crippen molar-refractivity contribution in [3.05, 3.63) is 35.2 Å². The molecule has 0 saturated heterocycles. The van der Waals surface area contributed by atoms with Crippen LogP contribution in [-0.4, -0.2) is 4.98 Å². The van der Waals surface area contributed by atoms with Crippen molar-refractivity contribution in [3.8, 4) is 0 Å². The lowest BCUT2D eigenvalue weighted by Crippen LogP contribution is -1.87. The van der Waals surface area contributed by atoms with E-state index in [0.717, 1.165) is 6.42 Å². The second-order valence-electron chi connectivity index (χ2n) is 2.66. The molecule has 0 spiro atoms. The Kier molecular flexibility index (Phi) is 1.10.